The average molecular weight is 434 g/mol. The fourth-order valence-electron chi connectivity index (χ4n) is 3.32. The molecule has 31 heavy (non-hydrogen) atoms. The molecule has 0 bridgehead atoms. The molecule has 1 aromatic heterocycles. The van der Waals surface area contributed by atoms with Crippen LogP contribution in [0.15, 0.2) is 53.1 Å². The van der Waals surface area contributed by atoms with E-state index in [1.165, 1.54) is 36.4 Å². The summed E-state index contributed by atoms with van der Waals surface area (Å²) in [6.45, 7) is 2.54. The molecule has 0 atom stereocenters. The molecule has 1 aliphatic rings. The van der Waals surface area contributed by atoms with Gasteiger partial charge in [0.05, 0.1) is 12.1 Å². The van der Waals surface area contributed by atoms with Crippen molar-refractivity contribution in [1.29, 1.82) is 0 Å². The second-order valence-corrected chi connectivity index (χ2v) is 7.16. The quantitative estimate of drug-likeness (QED) is 0.584. The number of hydrogen-bond acceptors (Lipinski definition) is 5. The summed E-state index contributed by atoms with van der Waals surface area (Å²) in [7, 11) is 0. The number of rotatable bonds is 4. The van der Waals surface area contributed by atoms with Crippen LogP contribution in [0, 0.1) is 5.82 Å². The van der Waals surface area contributed by atoms with Crippen molar-refractivity contribution >= 4 is 5.91 Å². The Morgan fingerprint density at radius 2 is 1.61 bits per heavy atom. The minimum absolute atomic E-state index is 0.151. The lowest BCUT2D eigenvalue weighted by molar-refractivity contribution is -0.137. The average Bonchev–Trinajstić information content (AvgIpc) is 3.22. The van der Waals surface area contributed by atoms with Crippen molar-refractivity contribution in [1.82, 2.24) is 19.9 Å². The number of halogens is 4. The van der Waals surface area contributed by atoms with Gasteiger partial charge in [-0.2, -0.15) is 18.2 Å². The molecule has 1 aliphatic heterocycles. The molecule has 0 N–H and O–H groups in total. The van der Waals surface area contributed by atoms with Gasteiger partial charge in [-0.1, -0.05) is 17.3 Å². The first-order valence-corrected chi connectivity index (χ1v) is 9.57. The number of aromatic nitrogens is 2. The SMILES string of the molecule is O=C(c1ccc(F)cc1)N1CCN(Cc2nc(-c3ccc(C(F)(F)F)cc3)no2)CC1. The predicted octanol–water partition coefficient (Wildman–Crippen LogP) is 3.85. The van der Waals surface area contributed by atoms with Crippen LogP contribution in [0.1, 0.15) is 21.8 Å². The van der Waals surface area contributed by atoms with Crippen LogP contribution in [-0.2, 0) is 12.7 Å². The van der Waals surface area contributed by atoms with Gasteiger partial charge >= 0.3 is 6.18 Å². The molecule has 4 rings (SSSR count). The number of amides is 1. The minimum Gasteiger partial charge on any atom is -0.338 e. The van der Waals surface area contributed by atoms with Crippen molar-refractivity contribution in [3.63, 3.8) is 0 Å². The van der Waals surface area contributed by atoms with Crippen molar-refractivity contribution in [2.75, 3.05) is 26.2 Å². The number of hydrogen-bond donors (Lipinski definition) is 0. The van der Waals surface area contributed by atoms with Crippen LogP contribution in [0.4, 0.5) is 17.6 Å². The van der Waals surface area contributed by atoms with Crippen LogP contribution in [0.3, 0.4) is 0 Å². The molecule has 2 aromatic carbocycles. The van der Waals surface area contributed by atoms with Gasteiger partial charge in [0.2, 0.25) is 11.7 Å². The molecule has 1 fully saturated rings. The zero-order valence-corrected chi connectivity index (χ0v) is 16.3. The van der Waals surface area contributed by atoms with Crippen molar-refractivity contribution < 1.29 is 26.9 Å². The maximum atomic E-state index is 13.0. The van der Waals surface area contributed by atoms with Gasteiger partial charge in [-0.25, -0.2) is 4.39 Å². The first-order valence-electron chi connectivity index (χ1n) is 9.57. The largest absolute Gasteiger partial charge is 0.416 e. The Hall–Kier alpha value is -3.27. The third-order valence-electron chi connectivity index (χ3n) is 5.05. The van der Waals surface area contributed by atoms with Gasteiger partial charge in [-0.15, -0.1) is 0 Å². The topological polar surface area (TPSA) is 62.5 Å². The number of benzene rings is 2. The lowest BCUT2D eigenvalue weighted by Crippen LogP contribution is -2.48. The Kier molecular flexibility index (Phi) is 5.73. The number of piperazine rings is 1. The van der Waals surface area contributed by atoms with Gasteiger partial charge in [0.15, 0.2) is 0 Å². The third kappa shape index (κ3) is 4.91. The van der Waals surface area contributed by atoms with Crippen molar-refractivity contribution in [2.24, 2.45) is 0 Å². The lowest BCUT2D eigenvalue weighted by atomic mass is 10.1. The number of alkyl halides is 3. The number of nitrogens with zero attached hydrogens (tertiary/aromatic N) is 4. The molecule has 0 saturated carbocycles. The summed E-state index contributed by atoms with van der Waals surface area (Å²) in [6, 6.07) is 10.00. The molecular weight excluding hydrogens is 416 g/mol. The summed E-state index contributed by atoms with van der Waals surface area (Å²) in [6.07, 6.45) is -4.40. The highest BCUT2D eigenvalue weighted by atomic mass is 19.4. The van der Waals surface area contributed by atoms with E-state index < -0.39 is 17.6 Å². The molecule has 10 heteroatoms. The van der Waals surface area contributed by atoms with Gasteiger partial charge in [-0.05, 0) is 36.4 Å². The number of carbonyl (C=O) groups excluding carboxylic acids is 1. The second kappa shape index (κ2) is 8.46. The lowest BCUT2D eigenvalue weighted by Gasteiger charge is -2.34. The summed E-state index contributed by atoms with van der Waals surface area (Å²) < 4.78 is 56.3. The maximum absolute atomic E-state index is 13.0. The summed E-state index contributed by atoms with van der Waals surface area (Å²) in [4.78, 5) is 20.5. The highest BCUT2D eigenvalue weighted by Gasteiger charge is 2.30. The van der Waals surface area contributed by atoms with Gasteiger partial charge in [-0.3, -0.25) is 9.69 Å². The zero-order chi connectivity index (χ0) is 22.0. The van der Waals surface area contributed by atoms with Crippen molar-refractivity contribution in [3.05, 3.63) is 71.4 Å². The van der Waals surface area contributed by atoms with Gasteiger partial charge < -0.3 is 9.42 Å². The number of carbonyl (C=O) groups is 1. The fraction of sp³-hybridized carbons (Fsp3) is 0.286. The molecule has 0 radical (unpaired) electrons. The van der Waals surface area contributed by atoms with Crippen LogP contribution in [-0.4, -0.2) is 52.0 Å². The van der Waals surface area contributed by atoms with Gasteiger partial charge in [0.1, 0.15) is 5.82 Å². The van der Waals surface area contributed by atoms with Crippen LogP contribution < -0.4 is 0 Å². The van der Waals surface area contributed by atoms with E-state index in [0.717, 1.165) is 12.1 Å². The maximum Gasteiger partial charge on any atom is 0.416 e. The third-order valence-corrected chi connectivity index (χ3v) is 5.05. The molecule has 6 nitrogen and oxygen atoms in total. The highest BCUT2D eigenvalue weighted by Crippen LogP contribution is 2.30. The zero-order valence-electron chi connectivity index (χ0n) is 16.3. The van der Waals surface area contributed by atoms with Crippen molar-refractivity contribution in [3.8, 4) is 11.4 Å². The first-order chi connectivity index (χ1) is 14.8. The standard InChI is InChI=1S/C21H18F4N4O2/c22-17-7-3-15(4-8-17)20(30)29-11-9-28(10-12-29)13-18-26-19(27-31-18)14-1-5-16(6-2-14)21(23,24)25/h1-8H,9-13H2. The van der Waals surface area contributed by atoms with E-state index in [4.69, 9.17) is 4.52 Å². The molecule has 162 valence electrons. The van der Waals surface area contributed by atoms with E-state index in [9.17, 15) is 22.4 Å². The van der Waals surface area contributed by atoms with E-state index >= 15 is 0 Å². The molecule has 0 unspecified atom stereocenters. The van der Waals surface area contributed by atoms with E-state index in [1.54, 1.807) is 4.90 Å². The van der Waals surface area contributed by atoms with Crippen LogP contribution in [0.2, 0.25) is 0 Å². The van der Waals surface area contributed by atoms with Crippen LogP contribution in [0.5, 0.6) is 0 Å². The summed E-state index contributed by atoms with van der Waals surface area (Å²) in [5.74, 6) is 0.0145. The van der Waals surface area contributed by atoms with Crippen LogP contribution in [0.25, 0.3) is 11.4 Å². The minimum atomic E-state index is -4.40. The van der Waals surface area contributed by atoms with E-state index in [0.29, 0.717) is 49.7 Å². The molecular formula is C21H18F4N4O2. The summed E-state index contributed by atoms with van der Waals surface area (Å²) in [5, 5.41) is 3.84. The Morgan fingerprint density at radius 1 is 0.968 bits per heavy atom. The molecule has 2 heterocycles. The molecule has 1 amide bonds. The second-order valence-electron chi connectivity index (χ2n) is 7.16. The fourth-order valence-corrected chi connectivity index (χ4v) is 3.32. The summed E-state index contributed by atoms with van der Waals surface area (Å²) in [5.41, 5.74) is 0.124. The molecule has 0 spiro atoms. The van der Waals surface area contributed by atoms with Crippen molar-refractivity contribution in [2.45, 2.75) is 12.7 Å². The van der Waals surface area contributed by atoms with E-state index in [-0.39, 0.29) is 11.7 Å². The van der Waals surface area contributed by atoms with Gasteiger partial charge in [0, 0.05) is 37.3 Å². The van der Waals surface area contributed by atoms with Gasteiger partial charge in [0.25, 0.3) is 5.91 Å². The Balaban J connectivity index is 1.33. The predicted molar refractivity (Wildman–Crippen MR) is 102 cm³/mol. The highest BCUT2D eigenvalue weighted by molar-refractivity contribution is 5.94. The van der Waals surface area contributed by atoms with Crippen LogP contribution >= 0.6 is 0 Å². The Morgan fingerprint density at radius 3 is 2.23 bits per heavy atom. The van der Waals surface area contributed by atoms with E-state index in [2.05, 4.69) is 10.1 Å². The monoisotopic (exact) mass is 434 g/mol. The smallest absolute Gasteiger partial charge is 0.338 e. The Labute approximate surface area is 175 Å². The first kappa shape index (κ1) is 21.0. The normalized spacial score (nSPS) is 15.3. The molecule has 0 aliphatic carbocycles. The van der Waals surface area contributed by atoms with E-state index in [1.807, 2.05) is 4.90 Å². The summed E-state index contributed by atoms with van der Waals surface area (Å²) >= 11 is 0. The Bertz CT molecular complexity index is 1040. The molecule has 1 saturated heterocycles. The molecule has 3 aromatic rings.